The van der Waals surface area contributed by atoms with Gasteiger partial charge in [-0.15, -0.1) is 10.2 Å². The van der Waals surface area contributed by atoms with Crippen LogP contribution in [-0.4, -0.2) is 30.0 Å². The molecule has 7 heteroatoms. The summed E-state index contributed by atoms with van der Waals surface area (Å²) >= 11 is 5.87. The van der Waals surface area contributed by atoms with Gasteiger partial charge in [-0.1, -0.05) is 22.0 Å². The third-order valence-corrected chi connectivity index (χ3v) is 2.85. The van der Waals surface area contributed by atoms with Gasteiger partial charge in [0.05, 0.1) is 18.1 Å². The highest BCUT2D eigenvalue weighted by molar-refractivity contribution is 6.30. The van der Waals surface area contributed by atoms with E-state index in [0.29, 0.717) is 5.02 Å². The van der Waals surface area contributed by atoms with E-state index in [1.165, 1.54) is 0 Å². The van der Waals surface area contributed by atoms with Crippen molar-refractivity contribution in [1.82, 2.24) is 30.0 Å². The van der Waals surface area contributed by atoms with E-state index in [-0.39, 0.29) is 0 Å². The number of nitrogens with zero attached hydrogens (tertiary/aromatic N) is 6. The zero-order chi connectivity index (χ0) is 12.5. The Morgan fingerprint density at radius 1 is 0.944 bits per heavy atom. The summed E-state index contributed by atoms with van der Waals surface area (Å²) in [6, 6.07) is 7.38. The smallest absolute Gasteiger partial charge is 0.114 e. The molecule has 3 aromatic rings. The third kappa shape index (κ3) is 1.76. The Balaban J connectivity index is 2.12. The van der Waals surface area contributed by atoms with Crippen LogP contribution in [0, 0.1) is 0 Å². The van der Waals surface area contributed by atoms with Crippen LogP contribution in [0.2, 0.25) is 5.02 Å². The normalized spacial score (nSPS) is 10.8. The maximum Gasteiger partial charge on any atom is 0.114 e. The average Bonchev–Trinajstić information content (AvgIpc) is 2.98. The molecule has 1 aromatic carbocycles. The highest BCUT2D eigenvalue weighted by Crippen LogP contribution is 2.20. The van der Waals surface area contributed by atoms with Crippen molar-refractivity contribution in [2.24, 2.45) is 7.05 Å². The fourth-order valence-corrected chi connectivity index (χ4v) is 1.83. The van der Waals surface area contributed by atoms with Crippen LogP contribution < -0.4 is 0 Å². The largest absolute Gasteiger partial charge is 0.246 e. The van der Waals surface area contributed by atoms with E-state index < -0.39 is 0 Å². The van der Waals surface area contributed by atoms with Crippen LogP contribution in [0.15, 0.2) is 36.7 Å². The van der Waals surface area contributed by atoms with Crippen molar-refractivity contribution < 1.29 is 0 Å². The lowest BCUT2D eigenvalue weighted by molar-refractivity contribution is 0.714. The van der Waals surface area contributed by atoms with E-state index in [0.717, 1.165) is 17.1 Å². The number of hydrogen-bond donors (Lipinski definition) is 0. The van der Waals surface area contributed by atoms with E-state index in [1.807, 2.05) is 31.3 Å². The molecule has 0 bridgehead atoms. The number of aryl methyl sites for hydroxylation is 1. The van der Waals surface area contributed by atoms with Crippen molar-refractivity contribution >= 4 is 11.6 Å². The van der Waals surface area contributed by atoms with Crippen molar-refractivity contribution in [3.63, 3.8) is 0 Å². The molecule has 2 heterocycles. The Labute approximate surface area is 108 Å². The third-order valence-electron chi connectivity index (χ3n) is 2.60. The molecule has 2 aromatic heterocycles. The molecule has 0 atom stereocenters. The van der Waals surface area contributed by atoms with Crippen molar-refractivity contribution in [1.29, 1.82) is 0 Å². The Morgan fingerprint density at radius 3 is 2.28 bits per heavy atom. The van der Waals surface area contributed by atoms with Gasteiger partial charge < -0.3 is 0 Å². The summed E-state index contributed by atoms with van der Waals surface area (Å²) in [6.07, 6.45) is 3.35. The van der Waals surface area contributed by atoms with E-state index in [1.54, 1.807) is 21.8 Å². The van der Waals surface area contributed by atoms with Crippen LogP contribution in [0.1, 0.15) is 0 Å². The lowest BCUT2D eigenvalue weighted by atomic mass is 10.3. The molecular weight excluding hydrogens is 252 g/mol. The van der Waals surface area contributed by atoms with E-state index in [9.17, 15) is 0 Å². The zero-order valence-electron chi connectivity index (χ0n) is 9.53. The lowest BCUT2D eigenvalue weighted by Gasteiger charge is -2.05. The first kappa shape index (κ1) is 10.9. The molecule has 3 rings (SSSR count). The summed E-state index contributed by atoms with van der Waals surface area (Å²) in [7, 11) is 1.82. The van der Waals surface area contributed by atoms with E-state index in [2.05, 4.69) is 20.6 Å². The summed E-state index contributed by atoms with van der Waals surface area (Å²) < 4.78 is 3.39. The van der Waals surface area contributed by atoms with Crippen LogP contribution in [0.3, 0.4) is 0 Å². The van der Waals surface area contributed by atoms with Gasteiger partial charge in [0.15, 0.2) is 0 Å². The van der Waals surface area contributed by atoms with Gasteiger partial charge in [-0.2, -0.15) is 0 Å². The number of hydrogen-bond acceptors (Lipinski definition) is 4. The molecule has 0 N–H and O–H groups in total. The summed E-state index contributed by atoms with van der Waals surface area (Å²) in [5.74, 6) is 0. The van der Waals surface area contributed by atoms with Crippen LogP contribution in [0.25, 0.3) is 17.1 Å². The summed E-state index contributed by atoms with van der Waals surface area (Å²) in [6.45, 7) is 0. The SMILES string of the molecule is Cn1nncc1-c1cnnn1-c1ccc(Cl)cc1. The van der Waals surface area contributed by atoms with Crippen LogP contribution in [0.4, 0.5) is 0 Å². The standard InChI is InChI=1S/C11H9ClN6/c1-17-10(6-13-15-17)11-7-14-16-18(11)9-4-2-8(12)3-5-9/h2-7H,1H3. The minimum Gasteiger partial charge on any atom is -0.246 e. The molecule has 0 fully saturated rings. The van der Waals surface area contributed by atoms with Gasteiger partial charge >= 0.3 is 0 Å². The summed E-state index contributed by atoms with van der Waals surface area (Å²) in [4.78, 5) is 0. The first-order valence-electron chi connectivity index (χ1n) is 5.27. The second-order valence-electron chi connectivity index (χ2n) is 3.75. The number of benzene rings is 1. The van der Waals surface area contributed by atoms with Crippen molar-refractivity contribution in [3.8, 4) is 17.1 Å². The van der Waals surface area contributed by atoms with Crippen molar-refractivity contribution in [2.75, 3.05) is 0 Å². The molecule has 90 valence electrons. The maximum absolute atomic E-state index is 5.87. The monoisotopic (exact) mass is 260 g/mol. The minimum atomic E-state index is 0.683. The van der Waals surface area contributed by atoms with E-state index >= 15 is 0 Å². The highest BCUT2D eigenvalue weighted by atomic mass is 35.5. The Hall–Kier alpha value is -2.21. The fraction of sp³-hybridized carbons (Fsp3) is 0.0909. The average molecular weight is 261 g/mol. The van der Waals surface area contributed by atoms with Gasteiger partial charge in [-0.05, 0) is 24.3 Å². The second kappa shape index (κ2) is 4.23. The Bertz CT molecular complexity index is 669. The molecule has 0 aliphatic carbocycles. The first-order valence-corrected chi connectivity index (χ1v) is 5.65. The topological polar surface area (TPSA) is 61.4 Å². The van der Waals surface area contributed by atoms with Crippen LogP contribution in [0.5, 0.6) is 0 Å². The minimum absolute atomic E-state index is 0.683. The predicted molar refractivity (Wildman–Crippen MR) is 66.4 cm³/mol. The first-order chi connectivity index (χ1) is 8.75. The molecule has 18 heavy (non-hydrogen) atoms. The molecule has 0 aliphatic rings. The van der Waals surface area contributed by atoms with Gasteiger partial charge in [-0.3, -0.25) is 0 Å². The summed E-state index contributed by atoms with van der Waals surface area (Å²) in [5, 5.41) is 16.4. The predicted octanol–water partition coefficient (Wildman–Crippen LogP) is 1.72. The Kier molecular flexibility index (Phi) is 2.56. The molecule has 0 radical (unpaired) electrons. The second-order valence-corrected chi connectivity index (χ2v) is 4.19. The van der Waals surface area contributed by atoms with Gasteiger partial charge in [0, 0.05) is 12.1 Å². The van der Waals surface area contributed by atoms with Gasteiger partial charge in [0.1, 0.15) is 11.4 Å². The van der Waals surface area contributed by atoms with Crippen molar-refractivity contribution in [3.05, 3.63) is 41.7 Å². The Morgan fingerprint density at radius 2 is 1.61 bits per heavy atom. The molecule has 0 unspecified atom stereocenters. The zero-order valence-corrected chi connectivity index (χ0v) is 10.3. The lowest BCUT2D eigenvalue weighted by Crippen LogP contribution is -2.02. The molecular formula is C11H9ClN6. The van der Waals surface area contributed by atoms with Gasteiger partial charge in [0.2, 0.25) is 0 Å². The van der Waals surface area contributed by atoms with Gasteiger partial charge in [0.25, 0.3) is 0 Å². The van der Waals surface area contributed by atoms with Gasteiger partial charge in [-0.25, -0.2) is 9.36 Å². The number of aromatic nitrogens is 6. The molecule has 0 saturated heterocycles. The molecule has 6 nitrogen and oxygen atoms in total. The number of rotatable bonds is 2. The quantitative estimate of drug-likeness (QED) is 0.704. The molecule has 0 amide bonds. The van der Waals surface area contributed by atoms with E-state index in [4.69, 9.17) is 11.6 Å². The van der Waals surface area contributed by atoms with Crippen molar-refractivity contribution in [2.45, 2.75) is 0 Å². The van der Waals surface area contributed by atoms with Crippen LogP contribution >= 0.6 is 11.6 Å². The molecule has 0 saturated carbocycles. The molecule has 0 aliphatic heterocycles. The molecule has 0 spiro atoms. The maximum atomic E-state index is 5.87. The fourth-order valence-electron chi connectivity index (χ4n) is 1.70. The van der Waals surface area contributed by atoms with Crippen LogP contribution in [-0.2, 0) is 7.05 Å². The highest BCUT2D eigenvalue weighted by Gasteiger charge is 2.12. The number of halogens is 1. The summed E-state index contributed by atoms with van der Waals surface area (Å²) in [5.41, 5.74) is 2.55.